The zero-order chi connectivity index (χ0) is 22.8. The van der Waals surface area contributed by atoms with Crippen molar-refractivity contribution in [3.63, 3.8) is 0 Å². The first-order chi connectivity index (χ1) is 16.1. The number of ether oxygens (including phenoxy) is 1. The predicted molar refractivity (Wildman–Crippen MR) is 124 cm³/mol. The fourth-order valence-electron chi connectivity index (χ4n) is 3.96. The Morgan fingerprint density at radius 1 is 1.03 bits per heavy atom. The molecule has 1 aliphatic heterocycles. The highest BCUT2D eigenvalue weighted by molar-refractivity contribution is 5.68. The summed E-state index contributed by atoms with van der Waals surface area (Å²) < 4.78 is 21.5. The quantitative estimate of drug-likeness (QED) is 0.503. The van der Waals surface area contributed by atoms with Crippen molar-refractivity contribution >= 4 is 5.82 Å². The van der Waals surface area contributed by atoms with E-state index in [0.717, 1.165) is 37.3 Å². The molecule has 0 spiro atoms. The van der Waals surface area contributed by atoms with Gasteiger partial charge in [-0.15, -0.1) is 0 Å². The normalized spacial score (nSPS) is 14.5. The second kappa shape index (κ2) is 8.95. The van der Waals surface area contributed by atoms with Gasteiger partial charge in [-0.2, -0.15) is 5.10 Å². The number of benzene rings is 1. The van der Waals surface area contributed by atoms with Gasteiger partial charge in [-0.25, -0.2) is 24.0 Å². The van der Waals surface area contributed by atoms with Crippen molar-refractivity contribution in [2.24, 2.45) is 5.73 Å². The van der Waals surface area contributed by atoms with E-state index < -0.39 is 5.82 Å². The van der Waals surface area contributed by atoms with Crippen molar-refractivity contribution in [3.8, 4) is 34.2 Å². The molecule has 0 saturated carbocycles. The van der Waals surface area contributed by atoms with Crippen LogP contribution in [0.15, 0.2) is 61.1 Å². The third kappa shape index (κ3) is 4.27. The van der Waals surface area contributed by atoms with E-state index >= 15 is 0 Å². The van der Waals surface area contributed by atoms with Gasteiger partial charge < -0.3 is 15.4 Å². The van der Waals surface area contributed by atoms with Crippen molar-refractivity contribution in [1.29, 1.82) is 0 Å². The minimum absolute atomic E-state index is 0.227. The molecule has 5 rings (SSSR count). The Bertz CT molecular complexity index is 1270. The van der Waals surface area contributed by atoms with Crippen LogP contribution in [0, 0.1) is 5.82 Å². The number of hydrogen-bond acceptors (Lipinski definition) is 7. The van der Waals surface area contributed by atoms with Crippen LogP contribution in [0.4, 0.5) is 10.2 Å². The van der Waals surface area contributed by atoms with Gasteiger partial charge in [0.1, 0.15) is 17.4 Å². The number of nitrogens with zero attached hydrogens (tertiary/aromatic N) is 6. The number of methoxy groups -OCH3 is 1. The summed E-state index contributed by atoms with van der Waals surface area (Å²) in [6.07, 6.45) is 7.07. The number of rotatable bonds is 5. The fourth-order valence-corrected chi connectivity index (χ4v) is 3.96. The summed E-state index contributed by atoms with van der Waals surface area (Å²) in [6, 6.07) is 12.5. The number of halogens is 1. The number of nitrogens with two attached hydrogens (primary N) is 1. The predicted octanol–water partition coefficient (Wildman–Crippen LogP) is 3.47. The second-order valence-corrected chi connectivity index (χ2v) is 7.93. The van der Waals surface area contributed by atoms with Gasteiger partial charge in [0.25, 0.3) is 0 Å². The van der Waals surface area contributed by atoms with E-state index in [1.807, 2.05) is 24.4 Å². The molecule has 1 aromatic carbocycles. The molecule has 8 nitrogen and oxygen atoms in total. The van der Waals surface area contributed by atoms with Crippen LogP contribution >= 0.6 is 0 Å². The zero-order valence-electron chi connectivity index (χ0n) is 18.2. The van der Waals surface area contributed by atoms with Crippen LogP contribution < -0.4 is 15.4 Å². The van der Waals surface area contributed by atoms with Crippen molar-refractivity contribution in [2.45, 2.75) is 18.9 Å². The maximum absolute atomic E-state index is 14.5. The lowest BCUT2D eigenvalue weighted by Crippen LogP contribution is -2.40. The van der Waals surface area contributed by atoms with E-state index in [2.05, 4.69) is 20.0 Å². The van der Waals surface area contributed by atoms with Crippen LogP contribution in [0.2, 0.25) is 0 Å². The van der Waals surface area contributed by atoms with E-state index in [-0.39, 0.29) is 17.4 Å². The van der Waals surface area contributed by atoms with Crippen molar-refractivity contribution in [1.82, 2.24) is 24.7 Å². The van der Waals surface area contributed by atoms with Gasteiger partial charge in [-0.05, 0) is 43.2 Å². The molecule has 0 bridgehead atoms. The number of aromatic nitrogens is 5. The van der Waals surface area contributed by atoms with Gasteiger partial charge in [0, 0.05) is 37.1 Å². The Morgan fingerprint density at radius 3 is 2.64 bits per heavy atom. The molecule has 0 amide bonds. The molecular formula is C24H24FN7O. The van der Waals surface area contributed by atoms with Crippen LogP contribution in [-0.2, 0) is 0 Å². The standard InChI is InChI=1S/C24H24FN7O/c1-33-20-5-2-4-18(25)23(20)24-27-11-8-19(29-24)16-14-28-32(15-16)22-7-3-6-21(30-22)31-12-9-17(26)10-13-31/h2-8,11,14-15,17H,9-10,12-13,26H2,1H3. The molecule has 0 atom stereocenters. The second-order valence-electron chi connectivity index (χ2n) is 7.93. The van der Waals surface area contributed by atoms with Gasteiger partial charge >= 0.3 is 0 Å². The van der Waals surface area contributed by atoms with E-state index in [9.17, 15) is 4.39 Å². The largest absolute Gasteiger partial charge is 0.496 e. The van der Waals surface area contributed by atoms with Crippen molar-refractivity contribution in [2.75, 3.05) is 25.1 Å². The maximum Gasteiger partial charge on any atom is 0.166 e. The summed E-state index contributed by atoms with van der Waals surface area (Å²) in [5, 5.41) is 4.47. The number of hydrogen-bond donors (Lipinski definition) is 1. The summed E-state index contributed by atoms with van der Waals surface area (Å²) in [7, 11) is 1.49. The van der Waals surface area contributed by atoms with Gasteiger partial charge in [0.2, 0.25) is 0 Å². The van der Waals surface area contributed by atoms with Gasteiger partial charge in [-0.1, -0.05) is 12.1 Å². The monoisotopic (exact) mass is 445 g/mol. The number of pyridine rings is 1. The molecular weight excluding hydrogens is 421 g/mol. The molecule has 9 heteroatoms. The summed E-state index contributed by atoms with van der Waals surface area (Å²) in [5.41, 5.74) is 7.65. The first kappa shape index (κ1) is 21.0. The minimum atomic E-state index is -0.443. The maximum atomic E-state index is 14.5. The molecule has 1 fully saturated rings. The third-order valence-electron chi connectivity index (χ3n) is 5.77. The Hall–Kier alpha value is -3.85. The molecule has 2 N–H and O–H groups in total. The van der Waals surface area contributed by atoms with Gasteiger partial charge in [0.05, 0.1) is 24.6 Å². The molecule has 1 saturated heterocycles. The summed E-state index contributed by atoms with van der Waals surface area (Å²) in [5.74, 6) is 1.80. The SMILES string of the molecule is COc1cccc(F)c1-c1nccc(-c2cnn(-c3cccc(N4CCC(N)CC4)n3)c2)n1. The zero-order valence-corrected chi connectivity index (χ0v) is 18.2. The lowest BCUT2D eigenvalue weighted by atomic mass is 10.1. The third-order valence-corrected chi connectivity index (χ3v) is 5.77. The Kier molecular flexibility index (Phi) is 5.70. The van der Waals surface area contributed by atoms with E-state index in [1.54, 1.807) is 35.3 Å². The molecule has 0 radical (unpaired) electrons. The molecule has 4 aromatic rings. The highest BCUT2D eigenvalue weighted by atomic mass is 19.1. The smallest absolute Gasteiger partial charge is 0.166 e. The summed E-state index contributed by atoms with van der Waals surface area (Å²) in [4.78, 5) is 15.8. The van der Waals surface area contributed by atoms with E-state index in [1.165, 1.54) is 13.2 Å². The molecule has 3 aromatic heterocycles. The molecule has 4 heterocycles. The number of piperidine rings is 1. The molecule has 0 unspecified atom stereocenters. The van der Waals surface area contributed by atoms with E-state index in [0.29, 0.717) is 17.3 Å². The summed E-state index contributed by atoms with van der Waals surface area (Å²) in [6.45, 7) is 1.79. The van der Waals surface area contributed by atoms with Crippen LogP contribution in [0.3, 0.4) is 0 Å². The Morgan fingerprint density at radius 2 is 1.82 bits per heavy atom. The molecule has 0 aliphatic carbocycles. The van der Waals surface area contributed by atoms with Crippen LogP contribution in [-0.4, -0.2) is 51.0 Å². The van der Waals surface area contributed by atoms with Crippen molar-refractivity contribution in [3.05, 3.63) is 66.9 Å². The molecule has 168 valence electrons. The first-order valence-electron chi connectivity index (χ1n) is 10.8. The average molecular weight is 446 g/mol. The van der Waals surface area contributed by atoms with Gasteiger partial charge in [0.15, 0.2) is 11.6 Å². The average Bonchev–Trinajstić information content (AvgIpc) is 3.35. The molecule has 1 aliphatic rings. The summed E-state index contributed by atoms with van der Waals surface area (Å²) >= 11 is 0. The highest BCUT2D eigenvalue weighted by Gasteiger charge is 2.18. The Labute approximate surface area is 190 Å². The van der Waals surface area contributed by atoms with Crippen molar-refractivity contribution < 1.29 is 9.13 Å². The van der Waals surface area contributed by atoms with Crippen LogP contribution in [0.1, 0.15) is 12.8 Å². The lowest BCUT2D eigenvalue weighted by Gasteiger charge is -2.31. The van der Waals surface area contributed by atoms with E-state index in [4.69, 9.17) is 15.5 Å². The number of anilines is 1. The topological polar surface area (TPSA) is 95.0 Å². The van der Waals surface area contributed by atoms with Crippen LogP contribution in [0.25, 0.3) is 28.5 Å². The highest BCUT2D eigenvalue weighted by Crippen LogP contribution is 2.31. The Balaban J connectivity index is 1.43. The van der Waals surface area contributed by atoms with Gasteiger partial charge in [-0.3, -0.25) is 0 Å². The molecule has 33 heavy (non-hydrogen) atoms. The first-order valence-corrected chi connectivity index (χ1v) is 10.8. The lowest BCUT2D eigenvalue weighted by molar-refractivity contribution is 0.413. The minimum Gasteiger partial charge on any atom is -0.496 e. The van der Waals surface area contributed by atoms with Crippen LogP contribution in [0.5, 0.6) is 5.75 Å². The fraction of sp³-hybridized carbons (Fsp3) is 0.250.